The van der Waals surface area contributed by atoms with E-state index in [1.54, 1.807) is 12.1 Å². The average Bonchev–Trinajstić information content (AvgIpc) is 4.04. The van der Waals surface area contributed by atoms with Gasteiger partial charge in [-0.2, -0.15) is 0 Å². The lowest BCUT2D eigenvalue weighted by Gasteiger charge is -2.43. The number of hydrogen-bond acceptors (Lipinski definition) is 9. The van der Waals surface area contributed by atoms with Gasteiger partial charge in [0.2, 0.25) is 23.7 Å². The first kappa shape index (κ1) is 37.4. The molecule has 5 fully saturated rings. The molecule has 0 bridgehead atoms. The minimum atomic E-state index is -0.868. The van der Waals surface area contributed by atoms with E-state index in [0.29, 0.717) is 67.7 Å². The van der Waals surface area contributed by atoms with Crippen molar-refractivity contribution < 1.29 is 28.3 Å². The second kappa shape index (κ2) is 15.9. The number of amides is 3. The second-order valence-corrected chi connectivity index (χ2v) is 16.5. The number of carbonyl (C=O) groups is 3. The summed E-state index contributed by atoms with van der Waals surface area (Å²) in [6.07, 6.45) is 9.92. The molecule has 3 amide bonds. The maximum atomic E-state index is 15.2. The highest BCUT2D eigenvalue weighted by Gasteiger charge is 2.39. The highest BCUT2D eigenvalue weighted by atomic mass is 19.1. The number of anilines is 2. The van der Waals surface area contributed by atoms with Crippen LogP contribution in [0.1, 0.15) is 100 Å². The van der Waals surface area contributed by atoms with E-state index in [-0.39, 0.29) is 41.9 Å². The topological polar surface area (TPSA) is 140 Å². The average molecular weight is 756 g/mol. The maximum absolute atomic E-state index is 15.2. The van der Waals surface area contributed by atoms with Crippen LogP contribution in [0.5, 0.6) is 0 Å². The molecule has 292 valence electrons. The molecule has 8 rings (SSSR count). The van der Waals surface area contributed by atoms with E-state index in [1.807, 2.05) is 23.1 Å². The Bertz CT molecular complexity index is 1900. The highest BCUT2D eigenvalue weighted by molar-refractivity contribution is 6.01. The molecular weight excluding hydrogens is 705 g/mol. The molecule has 4 N–H and O–H groups in total. The number of aromatic nitrogens is 2. The number of benzene rings is 2. The van der Waals surface area contributed by atoms with E-state index < -0.39 is 23.4 Å². The van der Waals surface area contributed by atoms with Crippen LogP contribution >= 0.6 is 0 Å². The van der Waals surface area contributed by atoms with Crippen molar-refractivity contribution in [1.82, 2.24) is 25.1 Å². The smallest absolute Gasteiger partial charge is 0.249 e. The fraction of sp³-hybridized carbons (Fsp3) is 0.548. The standard InChI is InChI=1S/C42H51F2N7O4/c43-34-23-32(46-36-12-13-37(52)48-39(36)53)10-11-33(34)27-14-18-50(19-15-27)25-42(55)16-20-51(21-17-42)40(54)28-6-8-31(9-7-28)47-41-45-24-35(44)38(49-41)30-3-1-2-29(22-30)26-4-5-26/h1-3,10-11,22-24,26-28,31,36,46,55H,4-9,12-21,25H2,(H,45,47,49)(H,48,52,53). The Balaban J connectivity index is 0.765. The van der Waals surface area contributed by atoms with Crippen molar-refractivity contribution in [3.8, 4) is 11.3 Å². The quantitative estimate of drug-likeness (QED) is 0.192. The van der Waals surface area contributed by atoms with Crippen LogP contribution in [-0.4, -0.2) is 93.0 Å². The summed E-state index contributed by atoms with van der Waals surface area (Å²) in [5.41, 5.74) is 2.60. The van der Waals surface area contributed by atoms with E-state index in [1.165, 1.54) is 30.7 Å². The summed E-state index contributed by atoms with van der Waals surface area (Å²) in [7, 11) is 0. The van der Waals surface area contributed by atoms with Gasteiger partial charge in [0.05, 0.1) is 11.8 Å². The first-order valence-electron chi connectivity index (χ1n) is 20.1. The van der Waals surface area contributed by atoms with Gasteiger partial charge in [-0.05, 0) is 125 Å². The zero-order chi connectivity index (χ0) is 38.1. The van der Waals surface area contributed by atoms with Gasteiger partial charge < -0.3 is 25.5 Å². The molecule has 2 aromatic carbocycles. The van der Waals surface area contributed by atoms with Crippen LogP contribution in [0.3, 0.4) is 0 Å². The third-order valence-corrected chi connectivity index (χ3v) is 12.5. The summed E-state index contributed by atoms with van der Waals surface area (Å²) in [4.78, 5) is 50.0. The molecule has 11 nitrogen and oxygen atoms in total. The molecule has 3 aliphatic heterocycles. The zero-order valence-electron chi connectivity index (χ0n) is 31.2. The van der Waals surface area contributed by atoms with Gasteiger partial charge in [-0.15, -0.1) is 0 Å². The van der Waals surface area contributed by atoms with Crippen LogP contribution in [0.15, 0.2) is 48.7 Å². The van der Waals surface area contributed by atoms with Crippen LogP contribution < -0.4 is 16.0 Å². The largest absolute Gasteiger partial charge is 0.388 e. The molecule has 1 atom stereocenters. The fourth-order valence-corrected chi connectivity index (χ4v) is 9.02. The van der Waals surface area contributed by atoms with Gasteiger partial charge in [0, 0.05) is 49.3 Å². The van der Waals surface area contributed by atoms with Gasteiger partial charge in [-0.1, -0.05) is 24.3 Å². The fourth-order valence-electron chi connectivity index (χ4n) is 9.02. The number of carbonyl (C=O) groups excluding carboxylic acids is 3. The maximum Gasteiger partial charge on any atom is 0.249 e. The normalized spacial score (nSPS) is 25.0. The lowest BCUT2D eigenvalue weighted by atomic mass is 9.83. The monoisotopic (exact) mass is 755 g/mol. The minimum Gasteiger partial charge on any atom is -0.388 e. The zero-order valence-corrected chi connectivity index (χ0v) is 31.2. The summed E-state index contributed by atoms with van der Waals surface area (Å²) in [5, 5.41) is 20.3. The molecule has 1 unspecified atom stereocenters. The molecule has 0 spiro atoms. The van der Waals surface area contributed by atoms with Crippen LogP contribution in [0.2, 0.25) is 0 Å². The molecule has 3 aromatic rings. The number of β-amino-alcohol motifs (C(OH)–C–C–N with tert-alkyl or cyclic N) is 1. The molecule has 2 aliphatic carbocycles. The predicted octanol–water partition coefficient (Wildman–Crippen LogP) is 5.72. The van der Waals surface area contributed by atoms with E-state index in [4.69, 9.17) is 0 Å². The molecule has 4 heterocycles. The van der Waals surface area contributed by atoms with Crippen LogP contribution in [-0.2, 0) is 14.4 Å². The van der Waals surface area contributed by atoms with Gasteiger partial charge in [0.1, 0.15) is 17.6 Å². The van der Waals surface area contributed by atoms with Gasteiger partial charge >= 0.3 is 0 Å². The first-order chi connectivity index (χ1) is 26.6. The summed E-state index contributed by atoms with van der Waals surface area (Å²) >= 11 is 0. The number of nitrogens with one attached hydrogen (secondary N) is 3. The number of nitrogens with zero attached hydrogens (tertiary/aromatic N) is 4. The number of halogens is 2. The third kappa shape index (κ3) is 8.83. The van der Waals surface area contributed by atoms with Crippen molar-refractivity contribution in [2.24, 2.45) is 5.92 Å². The Morgan fingerprint density at radius 2 is 1.64 bits per heavy atom. The summed E-state index contributed by atoms with van der Waals surface area (Å²) in [6.45, 7) is 3.10. The van der Waals surface area contributed by atoms with Crippen molar-refractivity contribution in [3.63, 3.8) is 0 Å². The number of imide groups is 1. The molecular formula is C42H51F2N7O4. The lowest BCUT2D eigenvalue weighted by Crippen LogP contribution is -2.54. The highest BCUT2D eigenvalue weighted by Crippen LogP contribution is 2.41. The van der Waals surface area contributed by atoms with Crippen LogP contribution in [0.25, 0.3) is 11.3 Å². The number of aliphatic hydroxyl groups is 1. The number of likely N-dealkylation sites (tertiary alicyclic amines) is 2. The Kier molecular flexibility index (Phi) is 10.8. The van der Waals surface area contributed by atoms with Gasteiger partial charge in [0.25, 0.3) is 0 Å². The lowest BCUT2D eigenvalue weighted by molar-refractivity contribution is -0.141. The Hall–Kier alpha value is -4.49. The number of hydrogen-bond donors (Lipinski definition) is 4. The van der Waals surface area contributed by atoms with Crippen molar-refractivity contribution in [2.75, 3.05) is 43.4 Å². The number of rotatable bonds is 10. The van der Waals surface area contributed by atoms with Crippen LogP contribution in [0, 0.1) is 17.6 Å². The molecule has 1 aromatic heterocycles. The predicted molar refractivity (Wildman–Crippen MR) is 204 cm³/mol. The van der Waals surface area contributed by atoms with E-state index in [2.05, 4.69) is 36.9 Å². The second-order valence-electron chi connectivity index (χ2n) is 16.5. The minimum absolute atomic E-state index is 0.0548. The van der Waals surface area contributed by atoms with Gasteiger partial charge in [-0.25, -0.2) is 18.7 Å². The van der Waals surface area contributed by atoms with Crippen molar-refractivity contribution in [2.45, 2.75) is 107 Å². The van der Waals surface area contributed by atoms with Crippen molar-refractivity contribution in [3.05, 3.63) is 71.4 Å². The molecule has 13 heteroatoms. The van der Waals surface area contributed by atoms with Gasteiger partial charge in [-0.3, -0.25) is 19.7 Å². The first-order valence-corrected chi connectivity index (χ1v) is 20.1. The molecule has 2 saturated carbocycles. The van der Waals surface area contributed by atoms with E-state index in [9.17, 15) is 23.9 Å². The molecule has 5 aliphatic rings. The van der Waals surface area contributed by atoms with Gasteiger partial charge in [0.15, 0.2) is 5.82 Å². The summed E-state index contributed by atoms with van der Waals surface area (Å²) in [5.74, 6) is -0.278. The van der Waals surface area contributed by atoms with E-state index in [0.717, 1.165) is 57.2 Å². The third-order valence-electron chi connectivity index (χ3n) is 12.5. The number of piperidine rings is 3. The van der Waals surface area contributed by atoms with Crippen molar-refractivity contribution >= 4 is 29.4 Å². The summed E-state index contributed by atoms with van der Waals surface area (Å²) in [6, 6.07) is 12.5. The Labute approximate surface area is 320 Å². The summed E-state index contributed by atoms with van der Waals surface area (Å²) < 4.78 is 30.0. The molecule has 3 saturated heterocycles. The molecule has 55 heavy (non-hydrogen) atoms. The Morgan fingerprint density at radius 1 is 0.873 bits per heavy atom. The SMILES string of the molecule is O=C1CCC(Nc2ccc(C3CCN(CC4(O)CCN(C(=O)C5CCC(Nc6ncc(F)c(-c7cccc(C8CC8)c7)n6)CC5)CC4)CC3)c(F)c2)C(=O)N1. The molecule has 0 radical (unpaired) electrons. The van der Waals surface area contributed by atoms with Crippen LogP contribution in [0.4, 0.5) is 20.4 Å². The Morgan fingerprint density at radius 3 is 2.35 bits per heavy atom. The van der Waals surface area contributed by atoms with Crippen molar-refractivity contribution in [1.29, 1.82) is 0 Å². The van der Waals surface area contributed by atoms with E-state index >= 15 is 4.39 Å².